The van der Waals surface area contributed by atoms with Gasteiger partial charge in [0, 0.05) is 0 Å². The average molecular weight is 202 g/mol. The fraction of sp³-hybridized carbons (Fsp3) is 0.467. The Balaban J connectivity index is 0.000000337. The molecule has 82 valence electrons. The molecule has 0 saturated carbocycles. The van der Waals surface area contributed by atoms with E-state index in [1.54, 1.807) is 11.1 Å². The number of hydrogen-bond acceptors (Lipinski definition) is 0. The van der Waals surface area contributed by atoms with E-state index in [-0.39, 0.29) is 0 Å². The zero-order chi connectivity index (χ0) is 10.9. The molecule has 0 heteroatoms. The summed E-state index contributed by atoms with van der Waals surface area (Å²) in [5.41, 5.74) is 3.09. The highest BCUT2D eigenvalue weighted by atomic mass is 14.1. The van der Waals surface area contributed by atoms with Gasteiger partial charge in [0.2, 0.25) is 0 Å². The summed E-state index contributed by atoms with van der Waals surface area (Å²) in [7, 11) is 0. The lowest BCUT2D eigenvalue weighted by Crippen LogP contribution is -1.94. The highest BCUT2D eigenvalue weighted by Gasteiger charge is 2.06. The molecular formula is C15H22. The second kappa shape index (κ2) is 7.28. The second-order valence-corrected chi connectivity index (χ2v) is 4.02. The largest absolute Gasteiger partial charge is 0.0842 e. The van der Waals surface area contributed by atoms with Crippen molar-refractivity contribution in [3.63, 3.8) is 0 Å². The summed E-state index contributed by atoms with van der Waals surface area (Å²) < 4.78 is 0. The highest BCUT2D eigenvalue weighted by Crippen LogP contribution is 2.25. The van der Waals surface area contributed by atoms with Crippen LogP contribution in [-0.4, -0.2) is 0 Å². The van der Waals surface area contributed by atoms with Crippen molar-refractivity contribution in [3.8, 4) is 0 Å². The monoisotopic (exact) mass is 202 g/mol. The van der Waals surface area contributed by atoms with E-state index in [0.29, 0.717) is 0 Å². The summed E-state index contributed by atoms with van der Waals surface area (Å²) in [4.78, 5) is 0. The quantitative estimate of drug-likeness (QED) is 0.564. The average Bonchev–Trinajstić information content (AvgIpc) is 2.32. The molecule has 0 saturated heterocycles. The molecule has 0 heterocycles. The van der Waals surface area contributed by atoms with Gasteiger partial charge in [-0.3, -0.25) is 0 Å². The van der Waals surface area contributed by atoms with Crippen molar-refractivity contribution in [2.45, 2.75) is 46.0 Å². The van der Waals surface area contributed by atoms with Gasteiger partial charge in [0.25, 0.3) is 0 Å². The molecule has 0 spiro atoms. The van der Waals surface area contributed by atoms with Gasteiger partial charge in [-0.25, -0.2) is 0 Å². The summed E-state index contributed by atoms with van der Waals surface area (Å²) in [5.74, 6) is 0. The predicted octanol–water partition coefficient (Wildman–Crippen LogP) is 4.96. The molecule has 0 N–H and O–H groups in total. The molecule has 2 rings (SSSR count). The summed E-state index contributed by atoms with van der Waals surface area (Å²) in [6.07, 6.45) is 19.5. The first-order chi connectivity index (χ1) is 7.38. The van der Waals surface area contributed by atoms with Crippen LogP contribution < -0.4 is 0 Å². The first-order valence-electron chi connectivity index (χ1n) is 6.10. The Morgan fingerprint density at radius 3 is 1.53 bits per heavy atom. The van der Waals surface area contributed by atoms with Crippen LogP contribution in [0.5, 0.6) is 0 Å². The number of allylic oxidation sites excluding steroid dienone is 8. The van der Waals surface area contributed by atoms with Crippen LogP contribution in [0.2, 0.25) is 0 Å². The predicted molar refractivity (Wildman–Crippen MR) is 68.9 cm³/mol. The Kier molecular flexibility index (Phi) is 5.84. The van der Waals surface area contributed by atoms with Crippen LogP contribution in [0.3, 0.4) is 0 Å². The molecule has 0 aromatic rings. The minimum absolute atomic E-state index is 1.22. The van der Waals surface area contributed by atoms with Crippen LogP contribution in [-0.2, 0) is 0 Å². The minimum Gasteiger partial charge on any atom is -0.0842 e. The lowest BCUT2D eigenvalue weighted by atomic mass is 9.92. The summed E-state index contributed by atoms with van der Waals surface area (Å²) in [6, 6.07) is 0. The molecule has 15 heavy (non-hydrogen) atoms. The van der Waals surface area contributed by atoms with Gasteiger partial charge < -0.3 is 0 Å². The Bertz CT molecular complexity index is 257. The lowest BCUT2D eigenvalue weighted by Gasteiger charge is -2.14. The van der Waals surface area contributed by atoms with Crippen LogP contribution >= 0.6 is 0 Å². The maximum atomic E-state index is 2.26. The first-order valence-corrected chi connectivity index (χ1v) is 6.10. The Hall–Kier alpha value is -1.04. The van der Waals surface area contributed by atoms with Gasteiger partial charge in [-0.2, -0.15) is 0 Å². The van der Waals surface area contributed by atoms with Crippen molar-refractivity contribution in [3.05, 3.63) is 47.6 Å². The Morgan fingerprint density at radius 1 is 0.867 bits per heavy atom. The summed E-state index contributed by atoms with van der Waals surface area (Å²) in [6.45, 7) is 4.25. The molecule has 0 aromatic carbocycles. The Morgan fingerprint density at radius 2 is 1.27 bits per heavy atom. The number of rotatable bonds is 1. The molecule has 0 fully saturated rings. The third-order valence-corrected chi connectivity index (χ3v) is 2.44. The van der Waals surface area contributed by atoms with E-state index in [1.807, 2.05) is 0 Å². The van der Waals surface area contributed by atoms with Crippen molar-refractivity contribution in [2.75, 3.05) is 0 Å². The van der Waals surface area contributed by atoms with Crippen LogP contribution in [0.4, 0.5) is 0 Å². The van der Waals surface area contributed by atoms with Crippen LogP contribution in [0.25, 0.3) is 0 Å². The van der Waals surface area contributed by atoms with Crippen molar-refractivity contribution in [2.24, 2.45) is 0 Å². The van der Waals surface area contributed by atoms with Gasteiger partial charge in [-0.05, 0) is 36.8 Å². The molecule has 0 aliphatic heterocycles. The fourth-order valence-electron chi connectivity index (χ4n) is 1.74. The zero-order valence-corrected chi connectivity index (χ0v) is 10.00. The topological polar surface area (TPSA) is 0 Å². The van der Waals surface area contributed by atoms with E-state index in [0.717, 1.165) is 0 Å². The molecule has 0 bridgehead atoms. The van der Waals surface area contributed by atoms with Crippen LogP contribution in [0.1, 0.15) is 46.0 Å². The van der Waals surface area contributed by atoms with E-state index in [9.17, 15) is 0 Å². The van der Waals surface area contributed by atoms with Gasteiger partial charge in [-0.1, -0.05) is 56.7 Å². The van der Waals surface area contributed by atoms with Gasteiger partial charge in [0.1, 0.15) is 0 Å². The Labute approximate surface area is 94.1 Å². The lowest BCUT2D eigenvalue weighted by molar-refractivity contribution is 0.898. The smallest absolute Gasteiger partial charge is 0.0241 e. The normalized spacial score (nSPS) is 18.8. The molecule has 2 aliphatic carbocycles. The third kappa shape index (κ3) is 4.33. The summed E-state index contributed by atoms with van der Waals surface area (Å²) in [5, 5.41) is 0. The molecule has 0 nitrogen and oxygen atoms in total. The van der Waals surface area contributed by atoms with Gasteiger partial charge >= 0.3 is 0 Å². The van der Waals surface area contributed by atoms with Crippen molar-refractivity contribution in [1.29, 1.82) is 0 Å². The van der Waals surface area contributed by atoms with E-state index >= 15 is 0 Å². The van der Waals surface area contributed by atoms with Crippen LogP contribution in [0, 0.1) is 0 Å². The molecule has 0 unspecified atom stereocenters. The van der Waals surface area contributed by atoms with Gasteiger partial charge in [-0.15, -0.1) is 0 Å². The molecule has 0 amide bonds. The molecule has 0 aromatic heterocycles. The van der Waals surface area contributed by atoms with E-state index in [4.69, 9.17) is 0 Å². The standard InChI is InChI=1S/C12H14.C3H8/c1-3-7-11(8-4-1)12-9-5-2-6-10-12;1-3-2/h1-3,5,7,9H,4,6,8,10H2;3H2,1-2H3. The van der Waals surface area contributed by atoms with E-state index in [1.165, 1.54) is 32.1 Å². The highest BCUT2D eigenvalue weighted by molar-refractivity contribution is 5.39. The van der Waals surface area contributed by atoms with Crippen LogP contribution in [0.15, 0.2) is 47.6 Å². The fourth-order valence-corrected chi connectivity index (χ4v) is 1.74. The zero-order valence-electron chi connectivity index (χ0n) is 10.00. The van der Waals surface area contributed by atoms with Gasteiger partial charge in [0.05, 0.1) is 0 Å². The number of hydrogen-bond donors (Lipinski definition) is 0. The molecule has 0 radical (unpaired) electrons. The molecule has 0 atom stereocenters. The first kappa shape index (κ1) is 12.0. The molecule has 2 aliphatic rings. The third-order valence-electron chi connectivity index (χ3n) is 2.44. The van der Waals surface area contributed by atoms with Crippen molar-refractivity contribution >= 4 is 0 Å². The van der Waals surface area contributed by atoms with E-state index < -0.39 is 0 Å². The summed E-state index contributed by atoms with van der Waals surface area (Å²) >= 11 is 0. The van der Waals surface area contributed by atoms with E-state index in [2.05, 4.69) is 50.3 Å². The van der Waals surface area contributed by atoms with Gasteiger partial charge in [0.15, 0.2) is 0 Å². The molecular weight excluding hydrogens is 180 g/mol. The second-order valence-electron chi connectivity index (χ2n) is 4.02. The SMILES string of the molecule is C1=CCCC(C2=CC=CCC2)=C1.CCC. The maximum Gasteiger partial charge on any atom is -0.0241 e. The van der Waals surface area contributed by atoms with Crippen molar-refractivity contribution < 1.29 is 0 Å². The maximum absolute atomic E-state index is 2.26. The minimum atomic E-state index is 1.22. The van der Waals surface area contributed by atoms with Crippen molar-refractivity contribution in [1.82, 2.24) is 0 Å².